The van der Waals surface area contributed by atoms with Gasteiger partial charge in [0.15, 0.2) is 5.17 Å². The Balaban J connectivity index is 1.39. The van der Waals surface area contributed by atoms with Crippen molar-refractivity contribution in [1.29, 1.82) is 0 Å². The molecule has 0 bridgehead atoms. The van der Waals surface area contributed by atoms with Crippen LogP contribution in [-0.4, -0.2) is 85.3 Å². The summed E-state index contributed by atoms with van der Waals surface area (Å²) in [5, 5.41) is 11.8. The first kappa shape index (κ1) is 16.2. The Hall–Kier alpha value is -1.23. The van der Waals surface area contributed by atoms with Crippen LogP contribution in [0.1, 0.15) is 12.8 Å². The zero-order valence-corrected chi connectivity index (χ0v) is 15.1. The summed E-state index contributed by atoms with van der Waals surface area (Å²) < 4.78 is 24.1. The molecule has 0 aromatic carbocycles. The molecule has 2 unspecified atom stereocenters. The topological polar surface area (TPSA) is 107 Å². The van der Waals surface area contributed by atoms with Crippen molar-refractivity contribution < 1.29 is 8.42 Å². The molecule has 2 N–H and O–H groups in total. The van der Waals surface area contributed by atoms with E-state index in [0.29, 0.717) is 5.17 Å². The van der Waals surface area contributed by atoms with Gasteiger partial charge in [0.05, 0.1) is 0 Å². The van der Waals surface area contributed by atoms with E-state index in [1.807, 2.05) is 12.1 Å². The number of amidine groups is 1. The zero-order chi connectivity index (χ0) is 17.3. The molecule has 0 aromatic heterocycles. The monoisotopic (exact) mass is 373 g/mol. The maximum Gasteiger partial charge on any atom is 0.276 e. The van der Waals surface area contributed by atoms with Gasteiger partial charge >= 0.3 is 0 Å². The number of nitrogens with two attached hydrogens (primary N) is 1. The Labute approximate surface area is 146 Å². The van der Waals surface area contributed by atoms with Crippen molar-refractivity contribution in [3.05, 3.63) is 0 Å². The Morgan fingerprint density at radius 3 is 2.71 bits per heavy atom. The molecule has 9 nitrogen and oxygen atoms in total. The molecule has 132 valence electrons. The van der Waals surface area contributed by atoms with E-state index in [0.717, 1.165) is 31.8 Å². The van der Waals surface area contributed by atoms with Crippen LogP contribution in [0.15, 0.2) is 15.1 Å². The normalized spacial score (nSPS) is 31.7. The SMILES string of the molecule is CN1N=C(Cl)C2N=CN=C(N3CC4(CC(N(C)S(N)(=O)=O)C4)C3)C21. The van der Waals surface area contributed by atoms with Crippen molar-refractivity contribution in [2.45, 2.75) is 31.0 Å². The van der Waals surface area contributed by atoms with Crippen LogP contribution in [-0.2, 0) is 10.2 Å². The van der Waals surface area contributed by atoms with Crippen LogP contribution in [0, 0.1) is 5.41 Å². The number of hydrogen-bond acceptors (Lipinski definition) is 7. The van der Waals surface area contributed by atoms with E-state index < -0.39 is 10.2 Å². The molecule has 2 atom stereocenters. The van der Waals surface area contributed by atoms with Crippen LogP contribution in [0.5, 0.6) is 0 Å². The molecule has 1 saturated carbocycles. The molecule has 4 rings (SSSR count). The summed E-state index contributed by atoms with van der Waals surface area (Å²) in [4.78, 5) is 11.0. The Morgan fingerprint density at radius 1 is 1.42 bits per heavy atom. The number of fused-ring (bicyclic) bond motifs is 1. The van der Waals surface area contributed by atoms with Gasteiger partial charge in [0.2, 0.25) is 0 Å². The number of hydrogen-bond donors (Lipinski definition) is 1. The quantitative estimate of drug-likeness (QED) is 0.687. The molecule has 0 aromatic rings. The molecular formula is C13H20ClN7O2S. The maximum absolute atomic E-state index is 11.4. The molecular weight excluding hydrogens is 354 g/mol. The fourth-order valence-electron chi connectivity index (χ4n) is 4.16. The molecule has 3 heterocycles. The molecule has 0 amide bonds. The number of likely N-dealkylation sites (N-methyl/N-ethyl adjacent to an activating group) is 1. The third-order valence-corrected chi connectivity index (χ3v) is 6.91. The Morgan fingerprint density at radius 2 is 2.08 bits per heavy atom. The van der Waals surface area contributed by atoms with Gasteiger partial charge in [0, 0.05) is 38.6 Å². The van der Waals surface area contributed by atoms with Gasteiger partial charge in [-0.1, -0.05) is 11.6 Å². The van der Waals surface area contributed by atoms with E-state index in [-0.39, 0.29) is 23.5 Å². The van der Waals surface area contributed by atoms with E-state index in [1.165, 1.54) is 4.31 Å². The third-order valence-electron chi connectivity index (χ3n) is 5.51. The van der Waals surface area contributed by atoms with E-state index >= 15 is 0 Å². The number of nitrogens with zero attached hydrogens (tertiary/aromatic N) is 6. The molecule has 4 aliphatic rings. The number of hydrazone groups is 1. The van der Waals surface area contributed by atoms with Gasteiger partial charge in [0.25, 0.3) is 10.2 Å². The van der Waals surface area contributed by atoms with Crippen LogP contribution >= 0.6 is 11.6 Å². The minimum absolute atomic E-state index is 0.00307. The summed E-state index contributed by atoms with van der Waals surface area (Å²) in [6, 6.07) is -0.233. The van der Waals surface area contributed by atoms with Crippen molar-refractivity contribution in [3.8, 4) is 0 Å². The summed E-state index contributed by atoms with van der Waals surface area (Å²) >= 11 is 6.15. The molecule has 3 aliphatic heterocycles. The lowest BCUT2D eigenvalue weighted by Gasteiger charge is -2.61. The molecule has 24 heavy (non-hydrogen) atoms. The summed E-state index contributed by atoms with van der Waals surface area (Å²) in [7, 11) is -0.196. The highest BCUT2D eigenvalue weighted by Gasteiger charge is 2.57. The van der Waals surface area contributed by atoms with Gasteiger partial charge < -0.3 is 4.90 Å². The standard InChI is InChI=1S/C13H20ClN7O2S/c1-19-10-9(11(14)18-19)16-7-17-12(10)21-5-13(6-21)3-8(4-13)20(2)24(15,22)23/h7-10H,3-6H2,1-2H3,(H2,15,22,23). The second-order valence-corrected chi connectivity index (χ2v) is 9.11. The molecule has 11 heteroatoms. The van der Waals surface area contributed by atoms with E-state index in [1.54, 1.807) is 13.4 Å². The number of likely N-dealkylation sites (tertiary alicyclic amines) is 1. The average Bonchev–Trinajstić information content (AvgIpc) is 2.70. The predicted octanol–water partition coefficient (Wildman–Crippen LogP) is -0.739. The van der Waals surface area contributed by atoms with E-state index in [9.17, 15) is 8.42 Å². The first-order valence-corrected chi connectivity index (χ1v) is 9.65. The van der Waals surface area contributed by atoms with Gasteiger partial charge in [-0.15, -0.1) is 0 Å². The van der Waals surface area contributed by atoms with Crippen LogP contribution in [0.25, 0.3) is 0 Å². The lowest BCUT2D eigenvalue weighted by Crippen LogP contribution is -2.70. The first-order chi connectivity index (χ1) is 11.2. The highest BCUT2D eigenvalue weighted by atomic mass is 35.5. The minimum atomic E-state index is -3.61. The Bertz CT molecular complexity index is 750. The third kappa shape index (κ3) is 2.35. The van der Waals surface area contributed by atoms with Crippen molar-refractivity contribution in [3.63, 3.8) is 0 Å². The predicted molar refractivity (Wildman–Crippen MR) is 92.5 cm³/mol. The number of rotatable bonds is 2. The smallest absolute Gasteiger partial charge is 0.276 e. The number of aliphatic imine (C=N–C) groups is 2. The van der Waals surface area contributed by atoms with Gasteiger partial charge in [-0.25, -0.2) is 10.1 Å². The van der Waals surface area contributed by atoms with Gasteiger partial charge in [-0.2, -0.15) is 17.8 Å². The van der Waals surface area contributed by atoms with Crippen LogP contribution in [0.4, 0.5) is 0 Å². The largest absolute Gasteiger partial charge is 0.357 e. The van der Waals surface area contributed by atoms with Gasteiger partial charge in [0.1, 0.15) is 24.3 Å². The summed E-state index contributed by atoms with van der Waals surface area (Å²) in [5.41, 5.74) is 0.165. The molecule has 0 radical (unpaired) electrons. The van der Waals surface area contributed by atoms with Crippen LogP contribution in [0.2, 0.25) is 0 Å². The van der Waals surface area contributed by atoms with E-state index in [2.05, 4.69) is 20.0 Å². The van der Waals surface area contributed by atoms with Gasteiger partial charge in [-0.3, -0.25) is 10.0 Å². The van der Waals surface area contributed by atoms with Crippen molar-refractivity contribution in [2.75, 3.05) is 27.2 Å². The van der Waals surface area contributed by atoms with Crippen LogP contribution < -0.4 is 5.14 Å². The summed E-state index contributed by atoms with van der Waals surface area (Å²) in [5.74, 6) is 0.936. The average molecular weight is 374 g/mol. The fourth-order valence-corrected chi connectivity index (χ4v) is 5.02. The van der Waals surface area contributed by atoms with Crippen LogP contribution in [0.3, 0.4) is 0 Å². The highest BCUT2D eigenvalue weighted by Crippen LogP contribution is 2.50. The minimum Gasteiger partial charge on any atom is -0.357 e. The first-order valence-electron chi connectivity index (χ1n) is 7.77. The summed E-state index contributed by atoms with van der Waals surface area (Å²) in [6.45, 7) is 1.73. The molecule has 1 spiro atoms. The Kier molecular flexibility index (Phi) is 3.48. The molecule has 2 fully saturated rings. The fraction of sp³-hybridized carbons (Fsp3) is 0.769. The lowest BCUT2D eigenvalue weighted by atomic mass is 9.60. The lowest BCUT2D eigenvalue weighted by molar-refractivity contribution is -0.0602. The second kappa shape index (κ2) is 5.13. The van der Waals surface area contributed by atoms with Gasteiger partial charge in [-0.05, 0) is 12.8 Å². The van der Waals surface area contributed by atoms with E-state index in [4.69, 9.17) is 16.7 Å². The van der Waals surface area contributed by atoms with Crippen molar-refractivity contribution in [2.24, 2.45) is 25.6 Å². The van der Waals surface area contributed by atoms with Crippen molar-refractivity contribution in [1.82, 2.24) is 14.2 Å². The second-order valence-electron chi connectivity index (χ2n) is 7.12. The molecule has 1 aliphatic carbocycles. The zero-order valence-electron chi connectivity index (χ0n) is 13.5. The summed E-state index contributed by atoms with van der Waals surface area (Å²) in [6.07, 6.45) is 3.22. The molecule has 1 saturated heterocycles. The van der Waals surface area contributed by atoms with Crippen molar-refractivity contribution >= 4 is 39.2 Å². The number of halogens is 1. The highest BCUT2D eigenvalue weighted by molar-refractivity contribution is 7.86. The maximum atomic E-state index is 11.4.